The van der Waals surface area contributed by atoms with E-state index in [2.05, 4.69) is 0 Å². The zero-order valence-electron chi connectivity index (χ0n) is 16.5. The molecule has 3 rings (SSSR count). The maximum absolute atomic E-state index is 14.0. The molecule has 1 N–H and O–H groups in total. The van der Waals surface area contributed by atoms with Crippen molar-refractivity contribution >= 4 is 22.9 Å². The molecular weight excluding hydrogens is 463 g/mol. The van der Waals surface area contributed by atoms with E-state index in [-0.39, 0.29) is 11.5 Å². The molecule has 0 aliphatic heterocycles. The molecule has 3 aromatic rings. The molecule has 32 heavy (non-hydrogen) atoms. The molecule has 0 bridgehead atoms. The van der Waals surface area contributed by atoms with Crippen molar-refractivity contribution in [2.24, 2.45) is 0 Å². The Hall–Kier alpha value is -3.08. The number of carbonyl (C=O) groups excluding carboxylic acids is 1. The van der Waals surface area contributed by atoms with E-state index in [1.165, 1.54) is 11.4 Å². The first-order valence-electron chi connectivity index (χ1n) is 8.92. The number of anilines is 1. The third-order valence-corrected chi connectivity index (χ3v) is 5.52. The smallest absolute Gasteiger partial charge is 0.422 e. The van der Waals surface area contributed by atoms with Crippen LogP contribution in [0.25, 0.3) is 0 Å². The summed E-state index contributed by atoms with van der Waals surface area (Å²) in [6.45, 7) is 3.89. The number of alkyl halides is 3. The Bertz CT molecular complexity index is 1160. The molecule has 1 heterocycles. The molecule has 0 atom stereocenters. The monoisotopic (exact) mass is 477 g/mol. The lowest BCUT2D eigenvalue weighted by atomic mass is 10.1. The fourth-order valence-corrected chi connectivity index (χ4v) is 3.50. The van der Waals surface area contributed by atoms with E-state index in [4.69, 9.17) is 4.74 Å². The van der Waals surface area contributed by atoms with Gasteiger partial charge in [-0.2, -0.15) is 13.2 Å². The normalized spacial score (nSPS) is 11.5. The van der Waals surface area contributed by atoms with Crippen LogP contribution in [-0.4, -0.2) is 5.91 Å². The zero-order valence-corrected chi connectivity index (χ0v) is 17.3. The van der Waals surface area contributed by atoms with Crippen molar-refractivity contribution in [1.29, 1.82) is 0 Å². The number of thiophene rings is 1. The Morgan fingerprint density at radius 1 is 0.969 bits per heavy atom. The van der Waals surface area contributed by atoms with E-state index in [1.807, 2.05) is 26.0 Å². The Morgan fingerprint density at radius 3 is 2.16 bits per heavy atom. The van der Waals surface area contributed by atoms with Gasteiger partial charge in [-0.3, -0.25) is 4.79 Å². The van der Waals surface area contributed by atoms with E-state index in [1.54, 1.807) is 11.4 Å². The number of aryl methyl sites for hydroxylation is 2. The van der Waals surface area contributed by atoms with E-state index in [0.717, 1.165) is 22.5 Å². The topological polar surface area (TPSA) is 38.3 Å². The summed E-state index contributed by atoms with van der Waals surface area (Å²) in [6, 6.07) is 6.74. The summed E-state index contributed by atoms with van der Waals surface area (Å²) < 4.78 is 98.9. The minimum atomic E-state index is -5.67. The fourth-order valence-electron chi connectivity index (χ4n) is 2.71. The van der Waals surface area contributed by atoms with Crippen LogP contribution in [0, 0.1) is 37.1 Å². The molecule has 0 aliphatic rings. The van der Waals surface area contributed by atoms with Crippen LogP contribution in [0.2, 0.25) is 0 Å². The summed E-state index contributed by atoms with van der Waals surface area (Å²) in [5.41, 5.74) is -1.77. The molecule has 11 heteroatoms. The van der Waals surface area contributed by atoms with E-state index in [9.17, 15) is 35.5 Å². The summed E-state index contributed by atoms with van der Waals surface area (Å²) in [6.07, 6.45) is -5.67. The van der Waals surface area contributed by atoms with Crippen molar-refractivity contribution in [3.63, 3.8) is 0 Å². The van der Waals surface area contributed by atoms with Crippen LogP contribution in [0.4, 0.5) is 36.4 Å². The first kappa shape index (κ1) is 23.6. The van der Waals surface area contributed by atoms with Crippen molar-refractivity contribution < 1.29 is 40.3 Å². The number of ether oxygens (including phenoxy) is 1. The number of hydrogen-bond acceptors (Lipinski definition) is 3. The number of benzene rings is 2. The second-order valence-corrected chi connectivity index (χ2v) is 7.72. The lowest BCUT2D eigenvalue weighted by molar-refractivity contribution is -0.143. The third-order valence-electron chi connectivity index (χ3n) is 4.55. The van der Waals surface area contributed by atoms with Crippen LogP contribution in [0.15, 0.2) is 29.6 Å². The minimum Gasteiger partial charge on any atom is -0.489 e. The molecule has 170 valence electrons. The highest BCUT2D eigenvalue weighted by atomic mass is 32.1. The quantitative estimate of drug-likeness (QED) is 0.325. The minimum absolute atomic E-state index is 0.0541. The van der Waals surface area contributed by atoms with Crippen molar-refractivity contribution in [2.45, 2.75) is 26.6 Å². The van der Waals surface area contributed by atoms with Crippen LogP contribution >= 0.6 is 11.3 Å². The predicted octanol–water partition coefficient (Wildman–Crippen LogP) is 6.77. The van der Waals surface area contributed by atoms with E-state index in [0.29, 0.717) is 11.3 Å². The van der Waals surface area contributed by atoms with Gasteiger partial charge in [0.05, 0.1) is 4.88 Å². The van der Waals surface area contributed by atoms with Crippen molar-refractivity contribution in [2.75, 3.05) is 5.32 Å². The molecule has 0 unspecified atom stereocenters. The molecule has 0 fully saturated rings. The largest absolute Gasteiger partial charge is 0.489 e. The van der Waals surface area contributed by atoms with Gasteiger partial charge in [0.25, 0.3) is 5.91 Å². The molecule has 0 spiro atoms. The van der Waals surface area contributed by atoms with Gasteiger partial charge in [0, 0.05) is 5.56 Å². The number of nitrogens with one attached hydrogen (secondary N) is 1. The Labute approximate surface area is 181 Å². The first-order chi connectivity index (χ1) is 14.9. The van der Waals surface area contributed by atoms with Gasteiger partial charge < -0.3 is 10.1 Å². The van der Waals surface area contributed by atoms with Crippen molar-refractivity contribution in [3.8, 4) is 5.75 Å². The number of rotatable bonds is 5. The fraction of sp³-hybridized carbons (Fsp3) is 0.190. The van der Waals surface area contributed by atoms with Crippen molar-refractivity contribution in [3.05, 3.63) is 80.0 Å². The van der Waals surface area contributed by atoms with Gasteiger partial charge in [-0.05, 0) is 48.6 Å². The highest BCUT2D eigenvalue weighted by Crippen LogP contribution is 2.38. The summed E-state index contributed by atoms with van der Waals surface area (Å²) in [4.78, 5) is 12.1. The molecule has 0 saturated carbocycles. The number of carbonyl (C=O) groups is 1. The van der Waals surface area contributed by atoms with Crippen LogP contribution in [-0.2, 0) is 12.8 Å². The van der Waals surface area contributed by atoms with Gasteiger partial charge in [-0.25, -0.2) is 17.6 Å². The maximum Gasteiger partial charge on any atom is 0.422 e. The van der Waals surface area contributed by atoms with Crippen LogP contribution in [0.3, 0.4) is 0 Å². The van der Waals surface area contributed by atoms with Crippen LogP contribution in [0.1, 0.15) is 31.9 Å². The third kappa shape index (κ3) is 4.72. The van der Waals surface area contributed by atoms with Gasteiger partial charge >= 0.3 is 6.18 Å². The molecule has 1 amide bonds. The Kier molecular flexibility index (Phi) is 6.49. The number of hydrogen-bond donors (Lipinski definition) is 1. The lowest BCUT2D eigenvalue weighted by Gasteiger charge is -2.14. The average Bonchev–Trinajstić information content (AvgIpc) is 3.19. The summed E-state index contributed by atoms with van der Waals surface area (Å²) in [5.74, 6) is -10.6. The van der Waals surface area contributed by atoms with E-state index < -0.39 is 46.6 Å². The van der Waals surface area contributed by atoms with Gasteiger partial charge in [0.2, 0.25) is 0 Å². The molecular formula is C21H14F7NO2S. The maximum atomic E-state index is 14.0. The van der Waals surface area contributed by atoms with Gasteiger partial charge in [0.15, 0.2) is 23.3 Å². The zero-order chi connectivity index (χ0) is 23.8. The Morgan fingerprint density at radius 2 is 1.59 bits per heavy atom. The summed E-state index contributed by atoms with van der Waals surface area (Å²) in [7, 11) is 0. The molecule has 0 saturated heterocycles. The van der Waals surface area contributed by atoms with E-state index >= 15 is 0 Å². The molecule has 1 aromatic heterocycles. The first-order valence-corrected chi connectivity index (χ1v) is 9.80. The van der Waals surface area contributed by atoms with Gasteiger partial charge in [0.1, 0.15) is 23.6 Å². The standard InChI is InChI=1S/C21H14F7NO2S/c1-9-3-4-12(5-10(9)2)31-7-11-6-13(32-8-11)20(30)29-19-17(24)15(22)14(21(26,27)28)16(23)18(19)25/h3-6,8H,7H2,1-2H3,(H,29,30). The second kappa shape index (κ2) is 8.81. The van der Waals surface area contributed by atoms with Gasteiger partial charge in [-0.15, -0.1) is 11.3 Å². The average molecular weight is 477 g/mol. The number of amides is 1. The molecule has 3 nitrogen and oxygen atoms in total. The predicted molar refractivity (Wildman–Crippen MR) is 104 cm³/mol. The van der Waals surface area contributed by atoms with Crippen molar-refractivity contribution in [1.82, 2.24) is 0 Å². The summed E-state index contributed by atoms with van der Waals surface area (Å²) in [5, 5.41) is 3.10. The lowest BCUT2D eigenvalue weighted by Crippen LogP contribution is -2.19. The SMILES string of the molecule is Cc1ccc(OCc2csc(C(=O)Nc3c(F)c(F)c(C(F)(F)F)c(F)c3F)c2)cc1C. The van der Waals surface area contributed by atoms with Gasteiger partial charge in [-0.1, -0.05) is 6.07 Å². The highest BCUT2D eigenvalue weighted by molar-refractivity contribution is 7.12. The second-order valence-electron chi connectivity index (χ2n) is 6.81. The highest BCUT2D eigenvalue weighted by Gasteiger charge is 2.42. The molecule has 0 radical (unpaired) electrons. The van der Waals surface area contributed by atoms with Crippen LogP contribution in [0.5, 0.6) is 5.75 Å². The Balaban J connectivity index is 1.77. The summed E-state index contributed by atoms with van der Waals surface area (Å²) >= 11 is 0.841. The molecule has 0 aliphatic carbocycles. The van der Waals surface area contributed by atoms with Crippen LogP contribution < -0.4 is 10.1 Å². The molecule has 2 aromatic carbocycles. The number of halogens is 7.